The number of aromatic nitrogens is 6. The van der Waals surface area contributed by atoms with Crippen LogP contribution >= 0.6 is 0 Å². The minimum absolute atomic E-state index is 0.106. The molecule has 166 valence electrons. The molecule has 0 unspecified atom stereocenters. The highest BCUT2D eigenvalue weighted by molar-refractivity contribution is 5.98. The topological polar surface area (TPSA) is 113 Å². The number of carbonyl (C=O) groups is 1. The van der Waals surface area contributed by atoms with E-state index in [1.807, 2.05) is 38.6 Å². The fourth-order valence-electron chi connectivity index (χ4n) is 4.46. The molecule has 32 heavy (non-hydrogen) atoms. The number of fused-ring (bicyclic) bond motifs is 2. The summed E-state index contributed by atoms with van der Waals surface area (Å²) < 4.78 is 7.35. The maximum Gasteiger partial charge on any atom is 0.228 e. The molecule has 1 amide bonds. The first-order valence-corrected chi connectivity index (χ1v) is 10.7. The molecule has 1 aliphatic carbocycles. The lowest BCUT2D eigenvalue weighted by molar-refractivity contribution is -0.133. The number of H-pyrrole nitrogens is 1. The van der Waals surface area contributed by atoms with Crippen molar-refractivity contribution < 1.29 is 9.53 Å². The third-order valence-corrected chi connectivity index (χ3v) is 6.13. The van der Waals surface area contributed by atoms with Crippen LogP contribution in [0.4, 0.5) is 5.95 Å². The standard InChI is InChI=1S/C22H26N8O2/c1-29(2)21(31)13-4-6-15(7-5-13)26-22-27-19-18(20(28-22)32-3)16(11-23-19)14-8-9-30-17(10-14)24-12-25-30/h8-13,15H,4-7H2,1-3H3,(H2,23,26,27,28)/t13-,15+. The first-order valence-electron chi connectivity index (χ1n) is 10.7. The van der Waals surface area contributed by atoms with Crippen LogP contribution in [0.15, 0.2) is 30.9 Å². The second-order valence-electron chi connectivity index (χ2n) is 8.39. The third-order valence-electron chi connectivity index (χ3n) is 6.13. The molecule has 4 aromatic heterocycles. The monoisotopic (exact) mass is 434 g/mol. The molecular formula is C22H26N8O2. The van der Waals surface area contributed by atoms with E-state index in [2.05, 4.69) is 25.4 Å². The van der Waals surface area contributed by atoms with E-state index in [1.54, 1.807) is 16.5 Å². The molecule has 0 radical (unpaired) electrons. The highest BCUT2D eigenvalue weighted by Gasteiger charge is 2.28. The fourth-order valence-corrected chi connectivity index (χ4v) is 4.46. The average Bonchev–Trinajstić information content (AvgIpc) is 3.45. The Morgan fingerprint density at radius 2 is 2.06 bits per heavy atom. The predicted molar refractivity (Wildman–Crippen MR) is 120 cm³/mol. The molecule has 0 spiro atoms. The van der Waals surface area contributed by atoms with Crippen LogP contribution < -0.4 is 10.1 Å². The zero-order valence-corrected chi connectivity index (χ0v) is 18.4. The van der Waals surface area contributed by atoms with Crippen molar-refractivity contribution in [3.05, 3.63) is 30.9 Å². The molecule has 0 saturated heterocycles. The van der Waals surface area contributed by atoms with Crippen LogP contribution in [-0.4, -0.2) is 67.6 Å². The van der Waals surface area contributed by atoms with Crippen molar-refractivity contribution in [2.24, 2.45) is 5.92 Å². The summed E-state index contributed by atoms with van der Waals surface area (Å²) in [6.07, 6.45) is 8.85. The second kappa shape index (κ2) is 8.10. The number of aromatic amines is 1. The minimum atomic E-state index is 0.106. The van der Waals surface area contributed by atoms with Gasteiger partial charge in [0.25, 0.3) is 0 Å². The molecule has 5 rings (SSSR count). The maximum absolute atomic E-state index is 12.2. The number of ether oxygens (including phenoxy) is 1. The first-order chi connectivity index (χ1) is 15.5. The van der Waals surface area contributed by atoms with Gasteiger partial charge in [-0.05, 0) is 43.4 Å². The van der Waals surface area contributed by atoms with Crippen LogP contribution in [0, 0.1) is 5.92 Å². The van der Waals surface area contributed by atoms with E-state index in [-0.39, 0.29) is 17.9 Å². The molecule has 0 atom stereocenters. The fraction of sp³-hybridized carbons (Fsp3) is 0.409. The minimum Gasteiger partial charge on any atom is -0.480 e. The molecule has 1 fully saturated rings. The van der Waals surface area contributed by atoms with Crippen LogP contribution in [0.5, 0.6) is 5.88 Å². The molecule has 0 bridgehead atoms. The number of carbonyl (C=O) groups excluding carboxylic acids is 1. The molecule has 4 aromatic rings. The van der Waals surface area contributed by atoms with Crippen molar-refractivity contribution in [3.8, 4) is 17.0 Å². The highest BCUT2D eigenvalue weighted by atomic mass is 16.5. The van der Waals surface area contributed by atoms with E-state index >= 15 is 0 Å². The van der Waals surface area contributed by atoms with E-state index in [0.29, 0.717) is 17.5 Å². The number of hydrogen-bond acceptors (Lipinski definition) is 7. The molecule has 10 nitrogen and oxygen atoms in total. The van der Waals surface area contributed by atoms with Gasteiger partial charge >= 0.3 is 0 Å². The van der Waals surface area contributed by atoms with Crippen LogP contribution in [0.25, 0.3) is 27.8 Å². The normalized spacial score (nSPS) is 18.7. The summed E-state index contributed by atoms with van der Waals surface area (Å²) in [5.41, 5.74) is 3.38. The molecule has 2 N–H and O–H groups in total. The zero-order chi connectivity index (χ0) is 22.2. The summed E-state index contributed by atoms with van der Waals surface area (Å²) >= 11 is 0. The number of amides is 1. The Hall–Kier alpha value is -3.69. The van der Waals surface area contributed by atoms with E-state index in [0.717, 1.165) is 47.8 Å². The van der Waals surface area contributed by atoms with Gasteiger partial charge < -0.3 is 19.9 Å². The van der Waals surface area contributed by atoms with Crippen LogP contribution in [0.1, 0.15) is 25.7 Å². The van der Waals surface area contributed by atoms with E-state index in [9.17, 15) is 4.79 Å². The van der Waals surface area contributed by atoms with Gasteiger partial charge in [-0.3, -0.25) is 4.79 Å². The van der Waals surface area contributed by atoms with Gasteiger partial charge in [-0.1, -0.05) is 0 Å². The van der Waals surface area contributed by atoms with E-state index < -0.39 is 0 Å². The van der Waals surface area contributed by atoms with Crippen molar-refractivity contribution in [1.82, 2.24) is 34.4 Å². The number of rotatable bonds is 5. The summed E-state index contributed by atoms with van der Waals surface area (Å²) in [7, 11) is 5.25. The van der Waals surface area contributed by atoms with Crippen molar-refractivity contribution in [2.75, 3.05) is 26.5 Å². The highest BCUT2D eigenvalue weighted by Crippen LogP contribution is 2.35. The van der Waals surface area contributed by atoms with Crippen LogP contribution in [-0.2, 0) is 4.79 Å². The molecule has 1 aliphatic rings. The lowest BCUT2D eigenvalue weighted by Crippen LogP contribution is -2.35. The van der Waals surface area contributed by atoms with Crippen LogP contribution in [0.3, 0.4) is 0 Å². The van der Waals surface area contributed by atoms with Gasteiger partial charge in [0, 0.05) is 44.0 Å². The Kier molecular flexibility index (Phi) is 5.12. The Bertz CT molecular complexity index is 1270. The summed E-state index contributed by atoms with van der Waals surface area (Å²) in [6, 6.07) is 4.17. The van der Waals surface area contributed by atoms with Crippen molar-refractivity contribution in [3.63, 3.8) is 0 Å². The summed E-state index contributed by atoms with van der Waals surface area (Å²) in [5, 5.41) is 8.40. The van der Waals surface area contributed by atoms with Gasteiger partial charge in [0.1, 0.15) is 12.0 Å². The lowest BCUT2D eigenvalue weighted by Gasteiger charge is -2.29. The largest absolute Gasteiger partial charge is 0.480 e. The molecule has 4 heterocycles. The molecule has 10 heteroatoms. The Balaban J connectivity index is 1.39. The maximum atomic E-state index is 12.2. The van der Waals surface area contributed by atoms with E-state index in [1.165, 1.54) is 6.33 Å². The predicted octanol–water partition coefficient (Wildman–Crippen LogP) is 2.74. The van der Waals surface area contributed by atoms with Gasteiger partial charge in [-0.25, -0.2) is 9.50 Å². The van der Waals surface area contributed by atoms with Crippen LogP contribution in [0.2, 0.25) is 0 Å². The number of nitrogens with zero attached hydrogens (tertiary/aromatic N) is 6. The molecular weight excluding hydrogens is 408 g/mol. The quantitative estimate of drug-likeness (QED) is 0.496. The second-order valence-corrected chi connectivity index (χ2v) is 8.39. The zero-order valence-electron chi connectivity index (χ0n) is 18.4. The number of nitrogens with one attached hydrogen (secondary N) is 2. The summed E-state index contributed by atoms with van der Waals surface area (Å²) in [6.45, 7) is 0. The van der Waals surface area contributed by atoms with E-state index in [4.69, 9.17) is 9.72 Å². The third kappa shape index (κ3) is 3.61. The van der Waals surface area contributed by atoms with Gasteiger partial charge in [0.15, 0.2) is 5.65 Å². The smallest absolute Gasteiger partial charge is 0.228 e. The number of pyridine rings is 1. The number of anilines is 1. The molecule has 1 saturated carbocycles. The molecule has 0 aromatic carbocycles. The van der Waals surface area contributed by atoms with Gasteiger partial charge in [-0.2, -0.15) is 15.1 Å². The van der Waals surface area contributed by atoms with Crippen molar-refractivity contribution in [1.29, 1.82) is 0 Å². The number of methoxy groups -OCH3 is 1. The Morgan fingerprint density at radius 1 is 1.25 bits per heavy atom. The van der Waals surface area contributed by atoms with Gasteiger partial charge in [-0.15, -0.1) is 0 Å². The van der Waals surface area contributed by atoms with Crippen molar-refractivity contribution in [2.45, 2.75) is 31.7 Å². The van der Waals surface area contributed by atoms with Gasteiger partial charge in [0.2, 0.25) is 17.7 Å². The summed E-state index contributed by atoms with van der Waals surface area (Å²) in [4.78, 5) is 30.7. The average molecular weight is 435 g/mol. The van der Waals surface area contributed by atoms with Gasteiger partial charge in [0.05, 0.1) is 12.5 Å². The summed E-state index contributed by atoms with van der Waals surface area (Å²) in [5.74, 6) is 1.35. The Labute approximate surface area is 185 Å². The Morgan fingerprint density at radius 3 is 2.81 bits per heavy atom. The first kappa shape index (κ1) is 20.2. The lowest BCUT2D eigenvalue weighted by atomic mass is 9.85. The SMILES string of the molecule is COc1nc(N[C@H]2CC[C@@H](C(=O)N(C)C)CC2)nc2[nH]cc(-c3ccn4ncnc4c3)c12. The van der Waals surface area contributed by atoms with Crippen molar-refractivity contribution >= 4 is 28.5 Å². The molecule has 0 aliphatic heterocycles. The number of hydrogen-bond donors (Lipinski definition) is 2.